The molecule has 0 aliphatic carbocycles. The fraction of sp³-hybridized carbons (Fsp3) is 0. The van der Waals surface area contributed by atoms with Gasteiger partial charge in [-0.2, -0.15) is 5.26 Å². The van der Waals surface area contributed by atoms with Crippen molar-refractivity contribution in [3.8, 4) is 39.7 Å². The normalized spacial score (nSPS) is 11.5. The maximum atomic E-state index is 10.5. The van der Waals surface area contributed by atoms with Crippen LogP contribution in [0.15, 0.2) is 164 Å². The molecule has 0 aliphatic rings. The summed E-state index contributed by atoms with van der Waals surface area (Å²) >= 11 is 0. The number of nitriles is 1. The first-order chi connectivity index (χ1) is 22.8. The zero-order chi connectivity index (χ0) is 30.6. The monoisotopic (exact) mass is 585 g/mol. The van der Waals surface area contributed by atoms with Crippen molar-refractivity contribution in [2.75, 3.05) is 0 Å². The highest BCUT2D eigenvalue weighted by Gasteiger charge is 2.22. The number of benzene rings is 7. The lowest BCUT2D eigenvalue weighted by Gasteiger charge is -2.19. The van der Waals surface area contributed by atoms with Crippen molar-refractivity contribution >= 4 is 43.6 Å². The van der Waals surface area contributed by atoms with Crippen LogP contribution in [0.1, 0.15) is 5.56 Å². The molecular weight excluding hydrogens is 558 g/mol. The van der Waals surface area contributed by atoms with E-state index in [-0.39, 0.29) is 0 Å². The Balaban J connectivity index is 1.36. The topological polar surface area (TPSA) is 33.6 Å². The van der Waals surface area contributed by atoms with Gasteiger partial charge in [0.1, 0.15) is 6.07 Å². The van der Waals surface area contributed by atoms with E-state index in [2.05, 4.69) is 167 Å². The Labute approximate surface area is 266 Å². The van der Waals surface area contributed by atoms with Crippen LogP contribution in [0.2, 0.25) is 0 Å². The average molecular weight is 586 g/mol. The summed E-state index contributed by atoms with van der Waals surface area (Å²) in [5.74, 6) is 0. The van der Waals surface area contributed by atoms with E-state index in [1.807, 2.05) is 12.1 Å². The van der Waals surface area contributed by atoms with Crippen molar-refractivity contribution in [1.82, 2.24) is 9.13 Å². The molecule has 3 heteroatoms. The molecule has 0 aliphatic heterocycles. The molecule has 214 valence electrons. The molecule has 0 radical (unpaired) electrons. The Kier molecular flexibility index (Phi) is 5.88. The zero-order valence-electron chi connectivity index (χ0n) is 24.9. The summed E-state index contributed by atoms with van der Waals surface area (Å²) in [7, 11) is 0. The van der Waals surface area contributed by atoms with Crippen LogP contribution in [0.3, 0.4) is 0 Å². The molecule has 2 aromatic heterocycles. The van der Waals surface area contributed by atoms with Crippen LogP contribution in [0.25, 0.3) is 77.2 Å². The van der Waals surface area contributed by atoms with Gasteiger partial charge in [0.05, 0.1) is 39.0 Å². The minimum Gasteiger partial charge on any atom is -0.309 e. The standard InChI is InChI=1S/C43H27N3/c44-28-31-15-12-20-36(43(31)46-40-23-10-4-16-32(40)33-17-5-11-24-41(33)46)34-18-6-8-21-38(34)45-39-22-9-7-19-35(39)37-27-30(25-26-42(37)45)29-13-2-1-3-14-29/h1-27H. The number of para-hydroxylation sites is 5. The minimum absolute atomic E-state index is 0.633. The van der Waals surface area contributed by atoms with Crippen LogP contribution in [0.4, 0.5) is 0 Å². The van der Waals surface area contributed by atoms with Crippen LogP contribution in [-0.4, -0.2) is 9.13 Å². The van der Waals surface area contributed by atoms with E-state index in [4.69, 9.17) is 0 Å². The molecule has 46 heavy (non-hydrogen) atoms. The first kappa shape index (κ1) is 26.1. The molecule has 0 amide bonds. The number of hydrogen-bond acceptors (Lipinski definition) is 1. The Hall–Kier alpha value is -6.37. The molecule has 0 N–H and O–H groups in total. The van der Waals surface area contributed by atoms with Crippen molar-refractivity contribution in [2.24, 2.45) is 0 Å². The lowest BCUT2D eigenvalue weighted by atomic mass is 9.98. The number of rotatable bonds is 4. The van der Waals surface area contributed by atoms with Gasteiger partial charge >= 0.3 is 0 Å². The highest BCUT2D eigenvalue weighted by atomic mass is 15.0. The first-order valence-electron chi connectivity index (χ1n) is 15.5. The highest BCUT2D eigenvalue weighted by molar-refractivity contribution is 6.12. The lowest BCUT2D eigenvalue weighted by Crippen LogP contribution is -2.03. The van der Waals surface area contributed by atoms with Crippen LogP contribution in [-0.2, 0) is 0 Å². The minimum atomic E-state index is 0.633. The fourth-order valence-corrected chi connectivity index (χ4v) is 7.19. The van der Waals surface area contributed by atoms with Gasteiger partial charge in [-0.15, -0.1) is 0 Å². The predicted molar refractivity (Wildman–Crippen MR) is 191 cm³/mol. The number of aromatic nitrogens is 2. The summed E-state index contributed by atoms with van der Waals surface area (Å²) in [5, 5.41) is 15.3. The quantitative estimate of drug-likeness (QED) is 0.202. The second-order valence-corrected chi connectivity index (χ2v) is 11.7. The lowest BCUT2D eigenvalue weighted by molar-refractivity contribution is 1.15. The van der Waals surface area contributed by atoms with Crippen LogP contribution < -0.4 is 0 Å². The molecule has 0 saturated carbocycles. The maximum Gasteiger partial charge on any atom is 0.101 e. The van der Waals surface area contributed by atoms with Crippen molar-refractivity contribution in [3.63, 3.8) is 0 Å². The zero-order valence-corrected chi connectivity index (χ0v) is 24.9. The molecule has 0 fully saturated rings. The van der Waals surface area contributed by atoms with E-state index in [0.29, 0.717) is 5.56 Å². The molecule has 9 rings (SSSR count). The maximum absolute atomic E-state index is 10.5. The SMILES string of the molecule is N#Cc1cccc(-c2ccccc2-n2c3ccccc3c3cc(-c4ccccc4)ccc32)c1-n1c2ccccc2c2ccccc21. The van der Waals surface area contributed by atoms with Crippen molar-refractivity contribution in [2.45, 2.75) is 0 Å². The molecule has 0 unspecified atom stereocenters. The largest absolute Gasteiger partial charge is 0.309 e. The van der Waals surface area contributed by atoms with Crippen molar-refractivity contribution in [3.05, 3.63) is 169 Å². The molecule has 7 aromatic carbocycles. The summed E-state index contributed by atoms with van der Waals surface area (Å²) < 4.78 is 4.65. The van der Waals surface area contributed by atoms with Gasteiger partial charge in [0.25, 0.3) is 0 Å². The van der Waals surface area contributed by atoms with E-state index in [0.717, 1.165) is 44.6 Å². The predicted octanol–water partition coefficient (Wildman–Crippen LogP) is 11.1. The van der Waals surface area contributed by atoms with E-state index in [1.165, 1.54) is 32.7 Å². The molecular formula is C43H27N3. The number of nitrogens with zero attached hydrogens (tertiary/aromatic N) is 3. The third-order valence-corrected chi connectivity index (χ3v) is 9.17. The van der Waals surface area contributed by atoms with Gasteiger partial charge in [-0.1, -0.05) is 121 Å². The third-order valence-electron chi connectivity index (χ3n) is 9.17. The second-order valence-electron chi connectivity index (χ2n) is 11.7. The highest BCUT2D eigenvalue weighted by Crippen LogP contribution is 2.42. The van der Waals surface area contributed by atoms with E-state index in [9.17, 15) is 5.26 Å². The Bertz CT molecular complexity index is 2600. The molecule has 3 nitrogen and oxygen atoms in total. The summed E-state index contributed by atoms with van der Waals surface area (Å²) in [5.41, 5.74) is 11.5. The molecule has 0 bridgehead atoms. The second kappa shape index (κ2) is 10.4. The molecule has 0 spiro atoms. The van der Waals surface area contributed by atoms with Gasteiger partial charge in [0.2, 0.25) is 0 Å². The smallest absolute Gasteiger partial charge is 0.101 e. The summed E-state index contributed by atoms with van der Waals surface area (Å²) in [6.07, 6.45) is 0. The van der Waals surface area contributed by atoms with E-state index in [1.54, 1.807) is 0 Å². The molecule has 0 saturated heterocycles. The van der Waals surface area contributed by atoms with Gasteiger partial charge in [0.15, 0.2) is 0 Å². The van der Waals surface area contributed by atoms with Gasteiger partial charge in [-0.05, 0) is 53.6 Å². The van der Waals surface area contributed by atoms with Gasteiger partial charge < -0.3 is 9.13 Å². The van der Waals surface area contributed by atoms with Gasteiger partial charge in [0, 0.05) is 32.7 Å². The van der Waals surface area contributed by atoms with Gasteiger partial charge in [-0.25, -0.2) is 0 Å². The van der Waals surface area contributed by atoms with Crippen LogP contribution in [0, 0.1) is 11.3 Å². The van der Waals surface area contributed by atoms with Crippen LogP contribution in [0.5, 0.6) is 0 Å². The Morgan fingerprint density at radius 3 is 1.63 bits per heavy atom. The Morgan fingerprint density at radius 2 is 0.935 bits per heavy atom. The molecule has 0 atom stereocenters. The van der Waals surface area contributed by atoms with Gasteiger partial charge in [-0.3, -0.25) is 0 Å². The summed E-state index contributed by atoms with van der Waals surface area (Å²) in [6.45, 7) is 0. The average Bonchev–Trinajstić information content (AvgIpc) is 3.64. The van der Waals surface area contributed by atoms with E-state index < -0.39 is 0 Å². The van der Waals surface area contributed by atoms with E-state index >= 15 is 0 Å². The molecule has 2 heterocycles. The number of fused-ring (bicyclic) bond motifs is 6. The van der Waals surface area contributed by atoms with Crippen LogP contribution >= 0.6 is 0 Å². The fourth-order valence-electron chi connectivity index (χ4n) is 7.19. The van der Waals surface area contributed by atoms with Crippen molar-refractivity contribution in [1.29, 1.82) is 5.26 Å². The third kappa shape index (κ3) is 3.84. The summed E-state index contributed by atoms with van der Waals surface area (Å²) in [6, 6.07) is 60.1. The number of hydrogen-bond donors (Lipinski definition) is 0. The summed E-state index contributed by atoms with van der Waals surface area (Å²) in [4.78, 5) is 0. The first-order valence-corrected chi connectivity index (χ1v) is 15.5. The molecule has 9 aromatic rings. The van der Waals surface area contributed by atoms with Crippen molar-refractivity contribution < 1.29 is 0 Å². The Morgan fingerprint density at radius 1 is 0.391 bits per heavy atom.